The highest BCUT2D eigenvalue weighted by molar-refractivity contribution is 5.99. The normalized spacial score (nSPS) is 25.9. The maximum absolute atomic E-state index is 15.3. The molecule has 1 fully saturated rings. The molecule has 1 heterocycles. The van der Waals surface area contributed by atoms with E-state index in [9.17, 15) is 53.8 Å². The van der Waals surface area contributed by atoms with Crippen molar-refractivity contribution in [3.8, 4) is 6.07 Å². The van der Waals surface area contributed by atoms with Crippen molar-refractivity contribution in [2.75, 3.05) is 69.0 Å². The third-order valence-electron chi connectivity index (χ3n) is 16.9. The predicted octanol–water partition coefficient (Wildman–Crippen LogP) is 2.62. The smallest absolute Gasteiger partial charge is 0.329 e. The van der Waals surface area contributed by atoms with Crippen LogP contribution in [0.5, 0.6) is 0 Å². The van der Waals surface area contributed by atoms with E-state index in [0.29, 0.717) is 13.1 Å². The number of aliphatic hydroxyl groups is 2. The van der Waals surface area contributed by atoms with Crippen LogP contribution in [0.3, 0.4) is 0 Å². The molecule has 0 bridgehead atoms. The van der Waals surface area contributed by atoms with Crippen LogP contribution in [-0.2, 0) is 57.5 Å². The first-order valence-electron chi connectivity index (χ1n) is 32.9. The van der Waals surface area contributed by atoms with Crippen LogP contribution < -0.4 is 21.3 Å². The molecule has 26 nitrogen and oxygen atoms in total. The number of esters is 1. The van der Waals surface area contributed by atoms with E-state index in [-0.39, 0.29) is 74.5 Å². The monoisotopic (exact) mass is 1300 g/mol. The lowest BCUT2D eigenvalue weighted by Crippen LogP contribution is -2.64. The topological polar surface area (TPSA) is 332 Å². The Balaban J connectivity index is 4.44. The molecule has 26 heteroatoms. The molecule has 1 rings (SSSR count). The van der Waals surface area contributed by atoms with Crippen molar-refractivity contribution < 1.29 is 67.7 Å². The average Bonchev–Trinajstić information content (AvgIpc) is 0.861. The summed E-state index contributed by atoms with van der Waals surface area (Å²) in [4.78, 5) is 170. The maximum Gasteiger partial charge on any atom is 0.329 e. The Kier molecular flexibility index (Phi) is 35.1. The number of rotatable bonds is 20. The Bertz CT molecular complexity index is 2520. The summed E-state index contributed by atoms with van der Waals surface area (Å²) in [5, 5.41) is 43.8. The molecule has 1 saturated heterocycles. The van der Waals surface area contributed by atoms with Crippen molar-refractivity contribution in [3.05, 3.63) is 0 Å². The van der Waals surface area contributed by atoms with E-state index < -0.39 is 162 Å². The number of likely N-dealkylation sites (N-methyl/N-ethyl adjacent to an activating group) is 6. The molecular weight excluding hydrogens is 1180 g/mol. The van der Waals surface area contributed by atoms with Gasteiger partial charge in [0.25, 0.3) is 5.91 Å². The molecule has 6 N–H and O–H groups in total. The Hall–Kier alpha value is -6.46. The standard InChI is InChI=1S/C66H118N12O14/c1-36(2)30-46-61(86)75(21)49(33-39(7)8)57(82)68-44(16)66(91)92-56(42(13)14)65(90)76(22)50(34-40(9)10)59(84)70-47(31-37(3)4)62(87)77(23)53(41(11)12)64(89)78(24)54(55(81)43(15)26-29-72(18)28-25-27-67)60(85)71-52(45(17)79)63(88)73(19)35-51(80)74(20)48(32-38(5)6)58(83)69-46/h36-50,52-56,79,81H,25-26,28-35H2,1-24H3,(H,68,82)(H,69,83)(H,70,84)(H,71,85)/t43-,44+,45-,46+,47-,48+,49+,50+,52+,53+,54+,55-,56-/m1/s1. The van der Waals surface area contributed by atoms with Gasteiger partial charge in [0, 0.05) is 55.3 Å². The van der Waals surface area contributed by atoms with Crippen LogP contribution in [0.1, 0.15) is 163 Å². The van der Waals surface area contributed by atoms with Crippen LogP contribution >= 0.6 is 0 Å². The number of nitrogens with zero attached hydrogens (tertiary/aromatic N) is 8. The van der Waals surface area contributed by atoms with E-state index in [1.807, 2.05) is 74.1 Å². The number of nitriles is 1. The molecule has 0 aliphatic carbocycles. The van der Waals surface area contributed by atoms with Gasteiger partial charge in [-0.1, -0.05) is 104 Å². The number of cyclic esters (lactones) is 1. The lowest BCUT2D eigenvalue weighted by atomic mass is 9.91. The molecule has 1 aliphatic heterocycles. The lowest BCUT2D eigenvalue weighted by molar-refractivity contribution is -0.166. The van der Waals surface area contributed by atoms with E-state index in [4.69, 9.17) is 4.74 Å². The molecular formula is C66H118N12O14. The summed E-state index contributed by atoms with van der Waals surface area (Å²) >= 11 is 0. The van der Waals surface area contributed by atoms with Gasteiger partial charge in [0.2, 0.25) is 53.2 Å². The van der Waals surface area contributed by atoms with E-state index in [1.165, 1.54) is 70.8 Å². The van der Waals surface area contributed by atoms with Gasteiger partial charge in [0.15, 0.2) is 6.10 Å². The number of carbonyl (C=O) groups excluding carboxylic acids is 11. The second-order valence-corrected chi connectivity index (χ2v) is 28.5. The molecule has 10 amide bonds. The van der Waals surface area contributed by atoms with Crippen molar-refractivity contribution in [1.82, 2.24) is 55.6 Å². The highest BCUT2D eigenvalue weighted by Crippen LogP contribution is 2.25. The quantitative estimate of drug-likeness (QED) is 0.0955. The van der Waals surface area contributed by atoms with Gasteiger partial charge in [0.1, 0.15) is 54.4 Å². The zero-order valence-electron chi connectivity index (χ0n) is 60.0. The van der Waals surface area contributed by atoms with Gasteiger partial charge in [-0.25, -0.2) is 4.79 Å². The van der Waals surface area contributed by atoms with E-state index >= 15 is 14.4 Å². The van der Waals surface area contributed by atoms with Crippen molar-refractivity contribution in [2.24, 2.45) is 47.3 Å². The summed E-state index contributed by atoms with van der Waals surface area (Å²) in [5.74, 6) is -11.9. The molecule has 0 spiro atoms. The van der Waals surface area contributed by atoms with Crippen molar-refractivity contribution in [3.63, 3.8) is 0 Å². The molecule has 0 saturated carbocycles. The fourth-order valence-corrected chi connectivity index (χ4v) is 11.3. The van der Waals surface area contributed by atoms with Gasteiger partial charge in [-0.2, -0.15) is 5.26 Å². The number of aliphatic hydroxyl groups excluding tert-OH is 2. The van der Waals surface area contributed by atoms with Crippen LogP contribution in [0.25, 0.3) is 0 Å². The number of ether oxygens (including phenoxy) is 1. The Morgan fingerprint density at radius 2 is 0.924 bits per heavy atom. The van der Waals surface area contributed by atoms with Crippen molar-refractivity contribution in [2.45, 2.75) is 235 Å². The van der Waals surface area contributed by atoms with Gasteiger partial charge in [-0.3, -0.25) is 47.9 Å². The Labute approximate surface area is 549 Å². The van der Waals surface area contributed by atoms with Crippen LogP contribution in [0.2, 0.25) is 0 Å². The number of hydrogen-bond acceptors (Lipinski definition) is 16. The molecule has 0 radical (unpaired) electrons. The fourth-order valence-electron chi connectivity index (χ4n) is 11.3. The first-order valence-corrected chi connectivity index (χ1v) is 32.9. The van der Waals surface area contributed by atoms with Gasteiger partial charge < -0.3 is 70.5 Å². The Morgan fingerprint density at radius 1 is 0.511 bits per heavy atom. The molecule has 0 aromatic carbocycles. The minimum absolute atomic E-state index is 0.0644. The number of nitrogens with one attached hydrogen (secondary N) is 4. The van der Waals surface area contributed by atoms with Gasteiger partial charge in [-0.15, -0.1) is 0 Å². The van der Waals surface area contributed by atoms with Crippen molar-refractivity contribution >= 4 is 65.0 Å². The lowest BCUT2D eigenvalue weighted by Gasteiger charge is -2.40. The molecule has 526 valence electrons. The first-order chi connectivity index (χ1) is 42.4. The summed E-state index contributed by atoms with van der Waals surface area (Å²) in [7, 11) is 9.86. The first kappa shape index (κ1) is 83.6. The highest BCUT2D eigenvalue weighted by atomic mass is 16.6. The Morgan fingerprint density at radius 3 is 1.34 bits per heavy atom. The van der Waals surface area contributed by atoms with Gasteiger partial charge in [0.05, 0.1) is 24.8 Å². The van der Waals surface area contributed by atoms with E-state index in [2.05, 4.69) is 27.3 Å². The second kappa shape index (κ2) is 38.7. The minimum atomic E-state index is -1.79. The average molecular weight is 1300 g/mol. The molecule has 1 aliphatic rings. The minimum Gasteiger partial charge on any atom is -0.450 e. The largest absolute Gasteiger partial charge is 0.450 e. The zero-order chi connectivity index (χ0) is 71.3. The van der Waals surface area contributed by atoms with Crippen LogP contribution in [0, 0.1) is 58.7 Å². The summed E-state index contributed by atoms with van der Waals surface area (Å²) in [5.41, 5.74) is 0. The molecule has 13 atom stereocenters. The fraction of sp³-hybridized carbons (Fsp3) is 0.818. The zero-order valence-corrected chi connectivity index (χ0v) is 60.0. The molecule has 0 aromatic heterocycles. The SMILES string of the molecule is CC(C)C[C@@H]1NC(=O)[C@H](CC(C)C)N(C)C(=O)CN(C)C(=O)[C@H]([C@@H](C)O)NC(=O)[C@H]([C@H](O)[C@H](C)CCN(C)CCC#N)N(C)C(=O)[C@H](C(C)C)N(C)C(=O)[C@@H](CC(C)C)NC(=O)[C@H](CC(C)C)N(C)C(=O)[C@@H](C(C)C)OC(=O)[C@H](C)NC(=O)[C@H](CC(C)C)N(C)C1=O. The number of carbonyl (C=O) groups is 11. The maximum atomic E-state index is 15.3. The van der Waals surface area contributed by atoms with Crippen LogP contribution in [0.15, 0.2) is 0 Å². The molecule has 0 aromatic rings. The van der Waals surface area contributed by atoms with Crippen LogP contribution in [-0.4, -0.2) is 251 Å². The second-order valence-electron chi connectivity index (χ2n) is 28.5. The summed E-state index contributed by atoms with van der Waals surface area (Å²) in [6.45, 7) is 29.4. The van der Waals surface area contributed by atoms with Crippen LogP contribution in [0.4, 0.5) is 0 Å². The summed E-state index contributed by atoms with van der Waals surface area (Å²) in [6.07, 6.45) is -3.80. The van der Waals surface area contributed by atoms with Crippen molar-refractivity contribution in [1.29, 1.82) is 5.26 Å². The number of amides is 10. The third-order valence-corrected chi connectivity index (χ3v) is 16.9. The van der Waals surface area contributed by atoms with Gasteiger partial charge >= 0.3 is 5.97 Å². The highest BCUT2D eigenvalue weighted by Gasteiger charge is 2.46. The molecule has 0 unspecified atom stereocenters. The molecule has 92 heavy (non-hydrogen) atoms. The third kappa shape index (κ3) is 25.1. The number of hydrogen-bond donors (Lipinski definition) is 6. The van der Waals surface area contributed by atoms with E-state index in [1.54, 1.807) is 41.7 Å². The van der Waals surface area contributed by atoms with E-state index in [0.717, 1.165) is 14.7 Å². The predicted molar refractivity (Wildman–Crippen MR) is 350 cm³/mol. The summed E-state index contributed by atoms with van der Waals surface area (Å²) < 4.78 is 5.90. The van der Waals surface area contributed by atoms with Gasteiger partial charge in [-0.05, 0) is 113 Å². The summed E-state index contributed by atoms with van der Waals surface area (Å²) in [6, 6.07) is -10.3.